The van der Waals surface area contributed by atoms with Gasteiger partial charge in [0.2, 0.25) is 0 Å². The zero-order valence-electron chi connectivity index (χ0n) is 10.8. The molecule has 1 heterocycles. The number of anilines is 1. The van der Waals surface area contributed by atoms with Crippen LogP contribution in [0.5, 0.6) is 0 Å². The molecule has 0 fully saturated rings. The van der Waals surface area contributed by atoms with E-state index in [9.17, 15) is 26.4 Å². The summed E-state index contributed by atoms with van der Waals surface area (Å²) in [6.45, 7) is 0. The highest BCUT2D eigenvalue weighted by Crippen LogP contribution is 2.41. The summed E-state index contributed by atoms with van der Waals surface area (Å²) in [5, 5.41) is 2.27. The Morgan fingerprint density at radius 2 is 2.05 bits per heavy atom. The Labute approximate surface area is 131 Å². The Bertz CT molecular complexity index is 761. The average molecular weight is 401 g/mol. The van der Waals surface area contributed by atoms with Crippen LogP contribution in [0.15, 0.2) is 39.5 Å². The largest absolute Gasteiger partial charge is 0.499 e. The lowest BCUT2D eigenvalue weighted by Gasteiger charge is -2.33. The number of halogens is 4. The van der Waals surface area contributed by atoms with Crippen LogP contribution in [-0.2, 0) is 19.6 Å². The Kier molecular flexibility index (Phi) is 4.13. The van der Waals surface area contributed by atoms with Crippen LogP contribution in [0.25, 0.3) is 0 Å². The number of nitrogens with one attached hydrogen (secondary N) is 1. The molecule has 120 valence electrons. The molecule has 1 aliphatic heterocycles. The van der Waals surface area contributed by atoms with E-state index in [-0.39, 0.29) is 5.69 Å². The predicted octanol–water partition coefficient (Wildman–Crippen LogP) is 2.40. The van der Waals surface area contributed by atoms with Crippen molar-refractivity contribution in [2.75, 3.05) is 12.4 Å². The van der Waals surface area contributed by atoms with Crippen LogP contribution in [0.4, 0.5) is 18.9 Å². The molecule has 1 aromatic carbocycles. The topological polar surface area (TPSA) is 75.7 Å². The van der Waals surface area contributed by atoms with Crippen molar-refractivity contribution in [3.63, 3.8) is 0 Å². The number of alkyl halides is 3. The maximum absolute atomic E-state index is 13.1. The van der Waals surface area contributed by atoms with Crippen molar-refractivity contribution in [2.24, 2.45) is 0 Å². The molecular formula is C11H8BrF3N2O4S. The zero-order valence-corrected chi connectivity index (χ0v) is 13.2. The fourth-order valence-corrected chi connectivity index (χ4v) is 3.78. The maximum Gasteiger partial charge on any atom is 0.499 e. The minimum atomic E-state index is -5.26. The van der Waals surface area contributed by atoms with Crippen LogP contribution in [0.3, 0.4) is 0 Å². The average Bonchev–Trinajstić information content (AvgIpc) is 2.37. The first-order valence-corrected chi connectivity index (χ1v) is 7.79. The van der Waals surface area contributed by atoms with E-state index in [1.54, 1.807) is 0 Å². The number of benzene rings is 1. The summed E-state index contributed by atoms with van der Waals surface area (Å²) in [5.74, 6) is -2.10. The Morgan fingerprint density at radius 1 is 1.41 bits per heavy atom. The second-order valence-corrected chi connectivity index (χ2v) is 6.73. The highest BCUT2D eigenvalue weighted by Gasteiger charge is 2.51. The van der Waals surface area contributed by atoms with E-state index in [1.165, 1.54) is 12.1 Å². The smallest absolute Gasteiger partial charge is 0.466 e. The molecule has 0 aromatic heterocycles. The maximum atomic E-state index is 13.1. The molecule has 22 heavy (non-hydrogen) atoms. The fraction of sp³-hybridized carbons (Fsp3) is 0.182. The van der Waals surface area contributed by atoms with Gasteiger partial charge in [-0.25, -0.2) is 13.2 Å². The summed E-state index contributed by atoms with van der Waals surface area (Å²) in [6, 6.07) is 3.75. The van der Waals surface area contributed by atoms with Gasteiger partial charge in [0.1, 0.15) is 10.7 Å². The Morgan fingerprint density at radius 3 is 2.59 bits per heavy atom. The molecule has 1 aliphatic rings. The summed E-state index contributed by atoms with van der Waals surface area (Å²) in [7, 11) is -3.97. The third-order valence-electron chi connectivity index (χ3n) is 2.63. The quantitative estimate of drug-likeness (QED) is 0.445. The molecule has 0 aliphatic carbocycles. The monoisotopic (exact) mass is 400 g/mol. The minimum Gasteiger partial charge on any atom is -0.466 e. The van der Waals surface area contributed by atoms with Gasteiger partial charge in [0, 0.05) is 4.47 Å². The second-order valence-electron chi connectivity index (χ2n) is 4.06. The normalized spacial score (nSPS) is 18.6. The molecule has 0 atom stereocenters. The number of carbonyl (C=O) groups excluding carboxylic acids is 1. The molecule has 0 spiro atoms. The first-order valence-electron chi connectivity index (χ1n) is 5.56. The SMILES string of the molecule is COC(=O)/C=C1/Nc2ccc(Br)cc2S(=O)(=O)N1C(F)(F)F. The van der Waals surface area contributed by atoms with E-state index in [4.69, 9.17) is 0 Å². The molecular weight excluding hydrogens is 393 g/mol. The molecule has 2 rings (SSSR count). The predicted molar refractivity (Wildman–Crippen MR) is 72.9 cm³/mol. The summed E-state index contributed by atoms with van der Waals surface area (Å²) in [5.41, 5.74) is -0.0844. The summed E-state index contributed by atoms with van der Waals surface area (Å²) in [4.78, 5) is 10.6. The zero-order chi connectivity index (χ0) is 16.7. The number of hydrogen-bond acceptors (Lipinski definition) is 5. The molecule has 6 nitrogen and oxygen atoms in total. The minimum absolute atomic E-state index is 0.0844. The number of rotatable bonds is 1. The lowest BCUT2D eigenvalue weighted by atomic mass is 10.3. The van der Waals surface area contributed by atoms with Crippen molar-refractivity contribution < 1.29 is 31.1 Å². The standard InChI is InChI=1S/C11H8BrF3N2O4S/c1-21-10(18)5-9-16-7-3-2-6(12)4-8(7)22(19,20)17(9)11(13,14)15/h2-5,16H,1H3/b9-5-. The third kappa shape index (κ3) is 2.90. The second kappa shape index (κ2) is 5.47. The molecule has 0 saturated carbocycles. The molecule has 0 bridgehead atoms. The molecule has 0 saturated heterocycles. The van der Waals surface area contributed by atoms with Gasteiger partial charge < -0.3 is 10.1 Å². The molecule has 0 amide bonds. The van der Waals surface area contributed by atoms with Gasteiger partial charge in [-0.2, -0.15) is 4.31 Å². The first-order chi connectivity index (χ1) is 10.1. The number of ether oxygens (including phenoxy) is 1. The van der Waals surface area contributed by atoms with Crippen molar-refractivity contribution in [3.05, 3.63) is 34.6 Å². The Hall–Kier alpha value is -1.75. The number of nitrogens with zero attached hydrogens (tertiary/aromatic N) is 1. The third-order valence-corrected chi connectivity index (χ3v) is 4.90. The van der Waals surface area contributed by atoms with Crippen molar-refractivity contribution in [3.8, 4) is 0 Å². The van der Waals surface area contributed by atoms with Gasteiger partial charge in [0.05, 0.1) is 18.9 Å². The number of methoxy groups -OCH3 is 1. The van der Waals surface area contributed by atoms with Gasteiger partial charge in [-0.05, 0) is 18.2 Å². The van der Waals surface area contributed by atoms with Gasteiger partial charge in [-0.1, -0.05) is 15.9 Å². The van der Waals surface area contributed by atoms with Crippen molar-refractivity contribution in [1.29, 1.82) is 0 Å². The van der Waals surface area contributed by atoms with E-state index in [2.05, 4.69) is 26.0 Å². The van der Waals surface area contributed by atoms with Gasteiger partial charge in [-0.15, -0.1) is 13.2 Å². The highest BCUT2D eigenvalue weighted by atomic mass is 79.9. The number of sulfonamides is 1. The van der Waals surface area contributed by atoms with Crippen LogP contribution in [0.2, 0.25) is 0 Å². The van der Waals surface area contributed by atoms with Crippen LogP contribution in [0, 0.1) is 0 Å². The summed E-state index contributed by atoms with van der Waals surface area (Å²) in [6.07, 6.45) is -4.85. The molecule has 11 heteroatoms. The van der Waals surface area contributed by atoms with E-state index < -0.39 is 37.3 Å². The van der Waals surface area contributed by atoms with E-state index in [1.807, 2.05) is 0 Å². The van der Waals surface area contributed by atoms with Crippen molar-refractivity contribution in [2.45, 2.75) is 11.2 Å². The van der Waals surface area contributed by atoms with Crippen LogP contribution < -0.4 is 5.32 Å². The number of hydrogen-bond donors (Lipinski definition) is 1. The van der Waals surface area contributed by atoms with Crippen LogP contribution in [0.1, 0.15) is 0 Å². The fourth-order valence-electron chi connectivity index (χ4n) is 1.77. The lowest BCUT2D eigenvalue weighted by molar-refractivity contribution is -0.199. The molecule has 1 N–H and O–H groups in total. The van der Waals surface area contributed by atoms with Gasteiger partial charge in [0.25, 0.3) is 10.0 Å². The van der Waals surface area contributed by atoms with Crippen LogP contribution >= 0.6 is 15.9 Å². The Balaban J connectivity index is 2.72. The van der Waals surface area contributed by atoms with Gasteiger partial charge in [0.15, 0.2) is 0 Å². The molecule has 0 unspecified atom stereocenters. The van der Waals surface area contributed by atoms with Crippen molar-refractivity contribution >= 4 is 37.6 Å². The molecule has 0 radical (unpaired) electrons. The van der Waals surface area contributed by atoms with E-state index in [0.29, 0.717) is 10.5 Å². The number of carbonyl (C=O) groups is 1. The number of fused-ring (bicyclic) bond motifs is 1. The summed E-state index contributed by atoms with van der Waals surface area (Å²) < 4.78 is 67.6. The van der Waals surface area contributed by atoms with E-state index in [0.717, 1.165) is 13.2 Å². The lowest BCUT2D eigenvalue weighted by Crippen LogP contribution is -2.47. The van der Waals surface area contributed by atoms with Gasteiger partial charge >= 0.3 is 12.3 Å². The van der Waals surface area contributed by atoms with Gasteiger partial charge in [-0.3, -0.25) is 0 Å². The molecule has 1 aromatic rings. The van der Waals surface area contributed by atoms with E-state index >= 15 is 0 Å². The van der Waals surface area contributed by atoms with Crippen LogP contribution in [-0.4, -0.2) is 32.1 Å². The van der Waals surface area contributed by atoms with Crippen molar-refractivity contribution in [1.82, 2.24) is 4.31 Å². The first kappa shape index (κ1) is 16.6. The number of esters is 1. The summed E-state index contributed by atoms with van der Waals surface area (Å²) >= 11 is 3.00. The highest BCUT2D eigenvalue weighted by molar-refractivity contribution is 9.10.